The highest BCUT2D eigenvalue weighted by Gasteiger charge is 2.35. The molecule has 1 aliphatic heterocycles. The van der Waals surface area contributed by atoms with E-state index in [-0.39, 0.29) is 16.4 Å². The van der Waals surface area contributed by atoms with E-state index in [2.05, 4.69) is 11.9 Å². The van der Waals surface area contributed by atoms with Gasteiger partial charge in [-0.1, -0.05) is 30.9 Å². The highest BCUT2D eigenvalue weighted by Crippen LogP contribution is 2.30. The Morgan fingerprint density at radius 1 is 1.17 bits per heavy atom. The van der Waals surface area contributed by atoms with Gasteiger partial charge < -0.3 is 9.47 Å². The molecule has 0 radical (unpaired) electrons. The summed E-state index contributed by atoms with van der Waals surface area (Å²) in [5.74, 6) is -1.06. The van der Waals surface area contributed by atoms with Crippen LogP contribution in [0.15, 0.2) is 60.7 Å². The van der Waals surface area contributed by atoms with Gasteiger partial charge in [0, 0.05) is 0 Å². The molecule has 2 aromatic rings. The van der Waals surface area contributed by atoms with Crippen molar-refractivity contribution in [3.05, 3.63) is 72.1 Å². The van der Waals surface area contributed by atoms with Gasteiger partial charge in [0.05, 0.1) is 12.3 Å². The average molecular weight is 426 g/mol. The van der Waals surface area contributed by atoms with E-state index in [0.29, 0.717) is 30.3 Å². The first kappa shape index (κ1) is 21.2. The molecular formula is C22H19FN2O4S. The van der Waals surface area contributed by atoms with Crippen LogP contribution in [-0.4, -0.2) is 30.1 Å². The number of nitrogens with zero attached hydrogens (tertiary/aromatic N) is 1. The molecule has 0 bridgehead atoms. The lowest BCUT2D eigenvalue weighted by atomic mass is 10.1. The minimum absolute atomic E-state index is 0.0402. The van der Waals surface area contributed by atoms with Gasteiger partial charge in [0.25, 0.3) is 11.8 Å². The highest BCUT2D eigenvalue weighted by molar-refractivity contribution is 7.80. The van der Waals surface area contributed by atoms with Crippen molar-refractivity contribution < 1.29 is 23.5 Å². The number of ether oxygens (including phenoxy) is 2. The fourth-order valence-electron chi connectivity index (χ4n) is 2.83. The Labute approximate surface area is 178 Å². The first-order valence-electron chi connectivity index (χ1n) is 9.12. The Balaban J connectivity index is 1.99. The monoisotopic (exact) mass is 426 g/mol. The third-order valence-electron chi connectivity index (χ3n) is 4.13. The molecule has 3 rings (SSSR count). The fourth-order valence-corrected chi connectivity index (χ4v) is 3.10. The van der Waals surface area contributed by atoms with Crippen LogP contribution >= 0.6 is 12.2 Å². The normalized spacial score (nSPS) is 15.2. The van der Waals surface area contributed by atoms with Crippen molar-refractivity contribution in [2.75, 3.05) is 18.1 Å². The van der Waals surface area contributed by atoms with Gasteiger partial charge in [0.2, 0.25) is 0 Å². The third kappa shape index (κ3) is 4.38. The van der Waals surface area contributed by atoms with E-state index in [4.69, 9.17) is 21.7 Å². The van der Waals surface area contributed by atoms with E-state index in [1.54, 1.807) is 30.3 Å². The molecule has 1 fully saturated rings. The molecule has 8 heteroatoms. The van der Waals surface area contributed by atoms with Gasteiger partial charge in [-0.05, 0) is 55.0 Å². The molecule has 154 valence electrons. The van der Waals surface area contributed by atoms with E-state index in [1.165, 1.54) is 24.3 Å². The summed E-state index contributed by atoms with van der Waals surface area (Å²) in [5, 5.41) is 2.25. The predicted octanol–water partition coefficient (Wildman–Crippen LogP) is 3.62. The van der Waals surface area contributed by atoms with Gasteiger partial charge in [0.1, 0.15) is 18.0 Å². The number of rotatable bonds is 7. The van der Waals surface area contributed by atoms with E-state index >= 15 is 0 Å². The van der Waals surface area contributed by atoms with Gasteiger partial charge in [-0.2, -0.15) is 0 Å². The number of nitrogens with one attached hydrogen (secondary N) is 1. The molecule has 0 unspecified atom stereocenters. The van der Waals surface area contributed by atoms with Crippen LogP contribution in [0.2, 0.25) is 0 Å². The topological polar surface area (TPSA) is 67.9 Å². The predicted molar refractivity (Wildman–Crippen MR) is 116 cm³/mol. The second-order valence-electron chi connectivity index (χ2n) is 6.15. The Morgan fingerprint density at radius 2 is 1.93 bits per heavy atom. The molecule has 1 aliphatic rings. The van der Waals surface area contributed by atoms with Crippen LogP contribution < -0.4 is 19.7 Å². The molecule has 1 heterocycles. The van der Waals surface area contributed by atoms with Crippen molar-refractivity contribution in [1.82, 2.24) is 5.32 Å². The number of amides is 2. The summed E-state index contributed by atoms with van der Waals surface area (Å²) in [6.07, 6.45) is 3.00. The lowest BCUT2D eigenvalue weighted by molar-refractivity contribution is -0.122. The molecule has 30 heavy (non-hydrogen) atoms. The van der Waals surface area contributed by atoms with E-state index in [1.807, 2.05) is 6.92 Å². The van der Waals surface area contributed by atoms with Crippen LogP contribution in [0.5, 0.6) is 11.5 Å². The van der Waals surface area contributed by atoms with Crippen LogP contribution in [0.3, 0.4) is 0 Å². The summed E-state index contributed by atoms with van der Waals surface area (Å²) in [6, 6.07) is 10.7. The van der Waals surface area contributed by atoms with Crippen molar-refractivity contribution in [1.29, 1.82) is 0 Å². The number of thiocarbonyl (C=S) groups is 1. The lowest BCUT2D eigenvalue weighted by Gasteiger charge is -2.29. The minimum atomic E-state index is -0.723. The lowest BCUT2D eigenvalue weighted by Crippen LogP contribution is -2.54. The molecule has 2 aromatic carbocycles. The number of hydrogen-bond donors (Lipinski definition) is 1. The maximum Gasteiger partial charge on any atom is 0.270 e. The molecule has 2 amide bonds. The smallest absolute Gasteiger partial charge is 0.270 e. The van der Waals surface area contributed by atoms with Crippen molar-refractivity contribution in [2.24, 2.45) is 0 Å². The molecular weight excluding hydrogens is 407 g/mol. The van der Waals surface area contributed by atoms with Crippen LogP contribution in [0.1, 0.15) is 12.5 Å². The number of carbonyl (C=O) groups excluding carboxylic acids is 2. The third-order valence-corrected chi connectivity index (χ3v) is 4.41. The Bertz CT molecular complexity index is 1050. The minimum Gasteiger partial charge on any atom is -0.490 e. The average Bonchev–Trinajstić information content (AvgIpc) is 2.72. The molecule has 0 aromatic heterocycles. The van der Waals surface area contributed by atoms with Gasteiger partial charge in [-0.15, -0.1) is 0 Å². The number of benzene rings is 2. The van der Waals surface area contributed by atoms with Gasteiger partial charge in [-0.3, -0.25) is 14.9 Å². The number of para-hydroxylation sites is 1. The van der Waals surface area contributed by atoms with Crippen molar-refractivity contribution in [3.8, 4) is 11.5 Å². The number of hydrogen-bond acceptors (Lipinski definition) is 5. The first-order chi connectivity index (χ1) is 14.5. The molecule has 1 N–H and O–H groups in total. The zero-order valence-corrected chi connectivity index (χ0v) is 17.0. The Morgan fingerprint density at radius 3 is 2.63 bits per heavy atom. The summed E-state index contributed by atoms with van der Waals surface area (Å²) in [4.78, 5) is 26.4. The summed E-state index contributed by atoms with van der Waals surface area (Å²) in [5.41, 5.74) is 0.305. The summed E-state index contributed by atoms with van der Waals surface area (Å²) in [7, 11) is 0. The van der Waals surface area contributed by atoms with Gasteiger partial charge in [0.15, 0.2) is 16.6 Å². The van der Waals surface area contributed by atoms with Gasteiger partial charge >= 0.3 is 0 Å². The zero-order chi connectivity index (χ0) is 21.7. The van der Waals surface area contributed by atoms with Gasteiger partial charge in [-0.25, -0.2) is 9.29 Å². The summed E-state index contributed by atoms with van der Waals surface area (Å²) < 4.78 is 25.4. The van der Waals surface area contributed by atoms with E-state index < -0.39 is 17.6 Å². The van der Waals surface area contributed by atoms with Crippen LogP contribution in [0.4, 0.5) is 10.1 Å². The molecule has 1 saturated heterocycles. The SMILES string of the molecule is C=CCOc1ccc(/C=C2\C(=O)NC(=S)N(c3ccccc3F)C2=O)cc1OCC. The first-order valence-corrected chi connectivity index (χ1v) is 9.53. The largest absolute Gasteiger partial charge is 0.490 e. The molecule has 0 saturated carbocycles. The molecule has 0 spiro atoms. The van der Waals surface area contributed by atoms with Crippen molar-refractivity contribution in [3.63, 3.8) is 0 Å². The number of anilines is 1. The van der Waals surface area contributed by atoms with Crippen LogP contribution in [0, 0.1) is 5.82 Å². The van der Waals surface area contributed by atoms with Crippen LogP contribution in [0.25, 0.3) is 6.08 Å². The van der Waals surface area contributed by atoms with E-state index in [9.17, 15) is 14.0 Å². The van der Waals surface area contributed by atoms with E-state index in [0.717, 1.165) is 4.90 Å². The number of halogens is 1. The summed E-state index contributed by atoms with van der Waals surface area (Å²) >= 11 is 5.09. The maximum absolute atomic E-state index is 14.2. The highest BCUT2D eigenvalue weighted by atomic mass is 32.1. The summed E-state index contributed by atoms with van der Waals surface area (Å²) in [6.45, 7) is 6.14. The number of carbonyl (C=O) groups is 2. The molecule has 0 atom stereocenters. The maximum atomic E-state index is 14.2. The van der Waals surface area contributed by atoms with Crippen LogP contribution in [-0.2, 0) is 9.59 Å². The standard InChI is InChI=1S/C22H19FN2O4S/c1-3-11-29-18-10-9-14(13-19(18)28-4-2)12-15-20(26)24-22(30)25(21(15)27)17-8-6-5-7-16(17)23/h3,5-10,12-13H,1,4,11H2,2H3,(H,24,26,30)/b15-12+. The van der Waals surface area contributed by atoms with Crippen molar-refractivity contribution >= 4 is 40.9 Å². The Hall–Kier alpha value is -3.52. The quantitative estimate of drug-likeness (QED) is 0.317. The molecule has 6 nitrogen and oxygen atoms in total. The fraction of sp³-hybridized carbons (Fsp3) is 0.136. The van der Waals surface area contributed by atoms with Crippen molar-refractivity contribution in [2.45, 2.75) is 6.92 Å². The second-order valence-corrected chi connectivity index (χ2v) is 6.53. The zero-order valence-electron chi connectivity index (χ0n) is 16.2. The second kappa shape index (κ2) is 9.32. The molecule has 0 aliphatic carbocycles. The Kier molecular flexibility index (Phi) is 6.58.